The van der Waals surface area contributed by atoms with Crippen LogP contribution in [0.15, 0.2) is 24.7 Å². The van der Waals surface area contributed by atoms with Gasteiger partial charge in [0.25, 0.3) is 5.91 Å². The van der Waals surface area contributed by atoms with Gasteiger partial charge in [0.15, 0.2) is 0 Å². The zero-order chi connectivity index (χ0) is 20.4. The summed E-state index contributed by atoms with van der Waals surface area (Å²) in [6.45, 7) is 4.95. The molecule has 29 heavy (non-hydrogen) atoms. The van der Waals surface area contributed by atoms with E-state index in [1.807, 2.05) is 18.0 Å². The van der Waals surface area contributed by atoms with E-state index in [4.69, 9.17) is 0 Å². The van der Waals surface area contributed by atoms with Gasteiger partial charge in [-0.1, -0.05) is 13.3 Å². The first-order valence-corrected chi connectivity index (χ1v) is 10.5. The van der Waals surface area contributed by atoms with E-state index in [-0.39, 0.29) is 17.4 Å². The summed E-state index contributed by atoms with van der Waals surface area (Å²) < 4.78 is 1.71. The number of aliphatic hydroxyl groups is 1. The van der Waals surface area contributed by atoms with Gasteiger partial charge in [0.2, 0.25) is 0 Å². The number of rotatable bonds is 4. The molecule has 2 aromatic heterocycles. The number of anilines is 1. The summed E-state index contributed by atoms with van der Waals surface area (Å²) >= 11 is 0. The molecule has 2 aliphatic heterocycles. The van der Waals surface area contributed by atoms with Crippen molar-refractivity contribution in [3.05, 3.63) is 36.0 Å². The van der Waals surface area contributed by atoms with E-state index >= 15 is 0 Å². The third-order valence-corrected chi connectivity index (χ3v) is 6.27. The highest BCUT2D eigenvalue weighted by atomic mass is 16.3. The first-order chi connectivity index (χ1) is 14.0. The average molecular weight is 399 g/mol. The first kappa shape index (κ1) is 19.8. The van der Waals surface area contributed by atoms with Crippen molar-refractivity contribution >= 4 is 11.7 Å². The molecular formula is C21H30N6O2. The fourth-order valence-electron chi connectivity index (χ4n) is 4.80. The Hall–Kier alpha value is -2.48. The highest BCUT2D eigenvalue weighted by molar-refractivity contribution is 5.92. The van der Waals surface area contributed by atoms with Crippen molar-refractivity contribution in [1.82, 2.24) is 24.6 Å². The topological polar surface area (TPSA) is 87.4 Å². The molecule has 8 nitrogen and oxygen atoms in total. The van der Waals surface area contributed by atoms with E-state index in [1.165, 1.54) is 0 Å². The second-order valence-corrected chi connectivity index (χ2v) is 8.49. The molecule has 1 spiro atoms. The zero-order valence-corrected chi connectivity index (χ0v) is 17.3. The third kappa shape index (κ3) is 4.12. The predicted molar refractivity (Wildman–Crippen MR) is 110 cm³/mol. The molecule has 8 heteroatoms. The van der Waals surface area contributed by atoms with Gasteiger partial charge in [0, 0.05) is 45.6 Å². The van der Waals surface area contributed by atoms with Crippen LogP contribution in [-0.4, -0.2) is 67.9 Å². The molecule has 156 valence electrons. The molecule has 0 radical (unpaired) electrons. The number of piperidine rings is 2. The highest BCUT2D eigenvalue weighted by Gasteiger charge is 2.43. The molecule has 0 aromatic carbocycles. The third-order valence-electron chi connectivity index (χ3n) is 6.27. The van der Waals surface area contributed by atoms with Crippen LogP contribution >= 0.6 is 0 Å². The van der Waals surface area contributed by atoms with Crippen molar-refractivity contribution in [1.29, 1.82) is 0 Å². The molecule has 2 fully saturated rings. The molecule has 0 saturated carbocycles. The van der Waals surface area contributed by atoms with Gasteiger partial charge in [0.1, 0.15) is 11.5 Å². The first-order valence-electron chi connectivity index (χ1n) is 10.5. The smallest absolute Gasteiger partial charge is 0.272 e. The monoisotopic (exact) mass is 398 g/mol. The lowest BCUT2D eigenvalue weighted by Crippen LogP contribution is -2.55. The highest BCUT2D eigenvalue weighted by Crippen LogP contribution is 2.41. The number of hydrogen-bond donors (Lipinski definition) is 1. The lowest BCUT2D eigenvalue weighted by Gasteiger charge is -2.49. The second kappa shape index (κ2) is 8.10. The van der Waals surface area contributed by atoms with Gasteiger partial charge in [-0.25, -0.2) is 4.98 Å². The van der Waals surface area contributed by atoms with Crippen molar-refractivity contribution in [3.8, 4) is 0 Å². The number of hydrogen-bond acceptors (Lipinski definition) is 6. The number of nitrogens with zero attached hydrogens (tertiary/aromatic N) is 6. The Bertz CT molecular complexity index is 844. The minimum absolute atomic E-state index is 0.00575. The lowest BCUT2D eigenvalue weighted by atomic mass is 9.71. The largest absolute Gasteiger partial charge is 0.391 e. The van der Waals surface area contributed by atoms with E-state index in [9.17, 15) is 9.90 Å². The minimum atomic E-state index is -0.387. The van der Waals surface area contributed by atoms with E-state index < -0.39 is 0 Å². The number of carbonyl (C=O) groups excluding carboxylic acids is 1. The predicted octanol–water partition coefficient (Wildman–Crippen LogP) is 1.66. The Labute approximate surface area is 171 Å². The van der Waals surface area contributed by atoms with Crippen molar-refractivity contribution in [2.45, 2.75) is 45.1 Å². The normalized spacial score (nSPS) is 21.6. The fraction of sp³-hybridized carbons (Fsp3) is 0.619. The zero-order valence-electron chi connectivity index (χ0n) is 17.3. The van der Waals surface area contributed by atoms with Crippen LogP contribution in [0, 0.1) is 5.41 Å². The number of carbonyl (C=O) groups is 1. The Kier molecular flexibility index (Phi) is 5.54. The number of likely N-dealkylation sites (tertiary alicyclic amines) is 1. The van der Waals surface area contributed by atoms with Crippen molar-refractivity contribution in [2.75, 3.05) is 31.1 Å². The standard InChI is InChI=1S/C21H30N6O2/c1-3-4-16-11-18(25(2)24-16)20(29)26-9-5-21(6-10-26)12-17(28)14-27(15-21)19-13-22-7-8-23-19/h7-8,11,13,17,28H,3-6,9-10,12,14-15H2,1-2H3. The molecule has 2 aromatic rings. The number of aliphatic hydroxyl groups excluding tert-OH is 1. The Morgan fingerprint density at radius 1 is 1.31 bits per heavy atom. The summed E-state index contributed by atoms with van der Waals surface area (Å²) in [6, 6.07) is 1.93. The molecule has 1 unspecified atom stereocenters. The number of aryl methyl sites for hydroxylation is 2. The summed E-state index contributed by atoms with van der Waals surface area (Å²) in [6.07, 6.45) is 9.15. The Morgan fingerprint density at radius 2 is 2.10 bits per heavy atom. The molecular weight excluding hydrogens is 368 g/mol. The summed E-state index contributed by atoms with van der Waals surface area (Å²) in [5.41, 5.74) is 1.64. The molecule has 0 bridgehead atoms. The van der Waals surface area contributed by atoms with Crippen LogP contribution in [-0.2, 0) is 13.5 Å². The molecule has 0 aliphatic carbocycles. The summed E-state index contributed by atoms with van der Waals surface area (Å²) in [5.74, 6) is 0.863. The van der Waals surface area contributed by atoms with Crippen molar-refractivity contribution in [3.63, 3.8) is 0 Å². The van der Waals surface area contributed by atoms with Gasteiger partial charge in [-0.2, -0.15) is 5.10 Å². The van der Waals surface area contributed by atoms with E-state index in [0.717, 1.165) is 50.2 Å². The molecule has 4 heterocycles. The lowest BCUT2D eigenvalue weighted by molar-refractivity contribution is 0.0242. The SMILES string of the molecule is CCCc1cc(C(=O)N2CCC3(CC2)CC(O)CN(c2cnccn2)C3)n(C)n1. The van der Waals surface area contributed by atoms with Crippen LogP contribution in [0.5, 0.6) is 0 Å². The summed E-state index contributed by atoms with van der Waals surface area (Å²) in [4.78, 5) is 25.7. The maximum atomic E-state index is 13.0. The molecule has 1 amide bonds. The fourth-order valence-corrected chi connectivity index (χ4v) is 4.80. The number of amides is 1. The van der Waals surface area contributed by atoms with Gasteiger partial charge in [0.05, 0.1) is 18.0 Å². The van der Waals surface area contributed by atoms with Crippen LogP contribution in [0.1, 0.15) is 48.8 Å². The number of β-amino-alcohol motifs (C(OH)–C–C–N with tert-alkyl or cyclic N) is 1. The van der Waals surface area contributed by atoms with Crippen LogP contribution < -0.4 is 4.90 Å². The average Bonchev–Trinajstić information content (AvgIpc) is 3.08. The van der Waals surface area contributed by atoms with Crippen LogP contribution in [0.4, 0.5) is 5.82 Å². The quantitative estimate of drug-likeness (QED) is 0.843. The molecule has 2 saturated heterocycles. The van der Waals surface area contributed by atoms with Crippen LogP contribution in [0.3, 0.4) is 0 Å². The Morgan fingerprint density at radius 3 is 2.79 bits per heavy atom. The van der Waals surface area contributed by atoms with Gasteiger partial charge >= 0.3 is 0 Å². The van der Waals surface area contributed by atoms with Crippen LogP contribution in [0.2, 0.25) is 0 Å². The Balaban J connectivity index is 1.43. The van der Waals surface area contributed by atoms with E-state index in [1.54, 1.807) is 23.3 Å². The van der Waals surface area contributed by atoms with Gasteiger partial charge in [-0.05, 0) is 37.2 Å². The van der Waals surface area contributed by atoms with Crippen LogP contribution in [0.25, 0.3) is 0 Å². The molecule has 4 rings (SSSR count). The number of aromatic nitrogens is 4. The van der Waals surface area contributed by atoms with E-state index in [0.29, 0.717) is 25.3 Å². The van der Waals surface area contributed by atoms with Crippen molar-refractivity contribution < 1.29 is 9.90 Å². The molecule has 2 aliphatic rings. The van der Waals surface area contributed by atoms with E-state index in [2.05, 4.69) is 26.9 Å². The molecule has 1 N–H and O–H groups in total. The van der Waals surface area contributed by atoms with Gasteiger partial charge in [-0.15, -0.1) is 0 Å². The van der Waals surface area contributed by atoms with Crippen molar-refractivity contribution in [2.24, 2.45) is 12.5 Å². The summed E-state index contributed by atoms with van der Waals surface area (Å²) in [5, 5.41) is 15.0. The summed E-state index contributed by atoms with van der Waals surface area (Å²) in [7, 11) is 1.84. The minimum Gasteiger partial charge on any atom is -0.391 e. The molecule has 1 atom stereocenters. The second-order valence-electron chi connectivity index (χ2n) is 8.49. The maximum Gasteiger partial charge on any atom is 0.272 e. The maximum absolute atomic E-state index is 13.0. The van der Waals surface area contributed by atoms with Gasteiger partial charge < -0.3 is 14.9 Å². The van der Waals surface area contributed by atoms with Gasteiger partial charge in [-0.3, -0.25) is 14.5 Å².